The maximum absolute atomic E-state index is 13.3. The number of carbonyl (C=O) groups excluding carboxylic acids is 2. The van der Waals surface area contributed by atoms with Gasteiger partial charge in [0.2, 0.25) is 0 Å². The summed E-state index contributed by atoms with van der Waals surface area (Å²) >= 11 is 0. The fraction of sp³-hybridized carbons (Fsp3) is 0.667. The van der Waals surface area contributed by atoms with Gasteiger partial charge in [-0.2, -0.15) is 0 Å². The lowest BCUT2D eigenvalue weighted by atomic mass is 9.86. The average molecular weight is 504 g/mol. The number of amides is 1. The Hall–Kier alpha value is -2.19. The summed E-state index contributed by atoms with van der Waals surface area (Å²) < 4.78 is 12.6. The second-order valence-corrected chi connectivity index (χ2v) is 16.9. The molecule has 7 nitrogen and oxygen atoms in total. The third-order valence-electron chi connectivity index (χ3n) is 7.05. The minimum absolute atomic E-state index is 0.0300. The third kappa shape index (κ3) is 7.64. The van der Waals surface area contributed by atoms with Crippen LogP contribution in [0.5, 0.6) is 0 Å². The smallest absolute Gasteiger partial charge is 0.410 e. The molecule has 2 unspecified atom stereocenters. The second kappa shape index (κ2) is 10.8. The highest BCUT2D eigenvalue weighted by Crippen LogP contribution is 2.41. The number of rotatable bonds is 9. The monoisotopic (exact) mass is 503 g/mol. The predicted molar refractivity (Wildman–Crippen MR) is 146 cm³/mol. The van der Waals surface area contributed by atoms with Gasteiger partial charge in [-0.25, -0.2) is 4.79 Å². The number of nitrogen functional groups attached to an aromatic ring is 1. The zero-order valence-corrected chi connectivity index (χ0v) is 24.1. The number of benzene rings is 1. The fourth-order valence-electron chi connectivity index (χ4n) is 3.86. The zero-order chi connectivity index (χ0) is 26.7. The van der Waals surface area contributed by atoms with Gasteiger partial charge in [0.1, 0.15) is 11.1 Å². The lowest BCUT2D eigenvalue weighted by Crippen LogP contribution is -2.58. The van der Waals surface area contributed by atoms with Crippen LogP contribution in [0.3, 0.4) is 0 Å². The number of ketones is 1. The zero-order valence-electron chi connectivity index (χ0n) is 23.1. The van der Waals surface area contributed by atoms with Crippen LogP contribution in [0.2, 0.25) is 18.1 Å². The summed E-state index contributed by atoms with van der Waals surface area (Å²) in [5.41, 5.74) is 5.96. The molecular formula is C27H45N3O4Si. The van der Waals surface area contributed by atoms with Crippen molar-refractivity contribution in [3.05, 3.63) is 29.8 Å². The van der Waals surface area contributed by atoms with Crippen molar-refractivity contribution in [3.8, 4) is 0 Å². The summed E-state index contributed by atoms with van der Waals surface area (Å²) in [5.74, 6) is -0.0300. The third-order valence-corrected chi connectivity index (χ3v) is 11.5. The van der Waals surface area contributed by atoms with E-state index >= 15 is 0 Å². The molecule has 35 heavy (non-hydrogen) atoms. The van der Waals surface area contributed by atoms with Crippen molar-refractivity contribution in [3.63, 3.8) is 0 Å². The molecule has 0 bridgehead atoms. The number of hydrogen-bond acceptors (Lipinski definition) is 6. The SMILES string of the molecule is CC(=O)C1(C(CN(CCc2ccc(N)cc2)C(=O)OC(C)(C)C)O[Si](C)(C)C(C)(C)C)CCC=N1. The maximum atomic E-state index is 13.3. The van der Waals surface area contributed by atoms with Gasteiger partial charge in [0.05, 0.1) is 12.6 Å². The second-order valence-electron chi connectivity index (χ2n) is 12.1. The first-order valence-electron chi connectivity index (χ1n) is 12.5. The highest BCUT2D eigenvalue weighted by atomic mass is 28.4. The molecule has 1 aromatic rings. The molecule has 0 fully saturated rings. The number of aliphatic imine (C=N–C) groups is 1. The fourth-order valence-corrected chi connectivity index (χ4v) is 5.20. The molecule has 196 valence electrons. The maximum Gasteiger partial charge on any atom is 0.410 e. The number of hydrogen-bond donors (Lipinski definition) is 1. The minimum Gasteiger partial charge on any atom is -0.444 e. The minimum atomic E-state index is -2.29. The Morgan fingerprint density at radius 3 is 2.20 bits per heavy atom. The van der Waals surface area contributed by atoms with E-state index in [0.717, 1.165) is 12.0 Å². The molecular weight excluding hydrogens is 458 g/mol. The van der Waals surface area contributed by atoms with Crippen LogP contribution in [-0.2, 0) is 20.4 Å². The van der Waals surface area contributed by atoms with Crippen LogP contribution in [0.15, 0.2) is 29.3 Å². The van der Waals surface area contributed by atoms with E-state index in [1.807, 2.05) is 51.3 Å². The topological polar surface area (TPSA) is 94.2 Å². The molecule has 2 atom stereocenters. The Labute approximate surface area is 212 Å². The van der Waals surface area contributed by atoms with Crippen LogP contribution in [0.1, 0.15) is 66.9 Å². The number of ether oxygens (including phenoxy) is 1. The summed E-state index contributed by atoms with van der Waals surface area (Å²) in [6.45, 7) is 18.6. The molecule has 1 aromatic carbocycles. The van der Waals surface area contributed by atoms with E-state index in [1.165, 1.54) is 0 Å². The first kappa shape index (κ1) is 29.0. The molecule has 0 saturated carbocycles. The van der Waals surface area contributed by atoms with Crippen LogP contribution >= 0.6 is 0 Å². The van der Waals surface area contributed by atoms with Gasteiger partial charge in [-0.05, 0) is 82.8 Å². The Balaban J connectivity index is 2.42. The largest absolute Gasteiger partial charge is 0.444 e. The highest BCUT2D eigenvalue weighted by molar-refractivity contribution is 6.74. The van der Waals surface area contributed by atoms with E-state index in [4.69, 9.17) is 14.9 Å². The van der Waals surface area contributed by atoms with E-state index in [9.17, 15) is 9.59 Å². The first-order valence-corrected chi connectivity index (χ1v) is 15.4. The number of Topliss-reactive ketones (excluding diaryl/α,β-unsaturated/α-hetero) is 1. The lowest BCUT2D eigenvalue weighted by molar-refractivity contribution is -0.126. The Kier molecular flexibility index (Phi) is 8.98. The van der Waals surface area contributed by atoms with Gasteiger partial charge in [0.25, 0.3) is 0 Å². The Morgan fingerprint density at radius 1 is 1.14 bits per heavy atom. The molecule has 2 rings (SSSR count). The molecule has 2 N–H and O–H groups in total. The van der Waals surface area contributed by atoms with Crippen molar-refractivity contribution in [1.29, 1.82) is 0 Å². The van der Waals surface area contributed by atoms with Crippen molar-refractivity contribution in [2.45, 2.75) is 103 Å². The summed E-state index contributed by atoms with van der Waals surface area (Å²) in [5, 5.41) is -0.0632. The van der Waals surface area contributed by atoms with Crippen molar-refractivity contribution < 1.29 is 18.8 Å². The summed E-state index contributed by atoms with van der Waals surface area (Å²) in [6.07, 6.45) is 2.77. The van der Waals surface area contributed by atoms with Crippen LogP contribution in [0.4, 0.5) is 10.5 Å². The normalized spacial score (nSPS) is 19.5. The number of anilines is 1. The summed E-state index contributed by atoms with van der Waals surface area (Å²) in [4.78, 5) is 32.7. The van der Waals surface area contributed by atoms with E-state index in [-0.39, 0.29) is 17.4 Å². The summed E-state index contributed by atoms with van der Waals surface area (Å²) in [7, 11) is -2.29. The molecule has 1 amide bonds. The first-order chi connectivity index (χ1) is 16.0. The number of nitrogens with zero attached hydrogens (tertiary/aromatic N) is 2. The molecule has 0 spiro atoms. The molecule has 1 heterocycles. The van der Waals surface area contributed by atoms with Crippen molar-refractivity contribution in [2.75, 3.05) is 18.8 Å². The van der Waals surface area contributed by atoms with Gasteiger partial charge in [-0.3, -0.25) is 9.79 Å². The summed E-state index contributed by atoms with van der Waals surface area (Å²) in [6, 6.07) is 7.64. The molecule has 0 radical (unpaired) electrons. The standard InChI is InChI=1S/C27H45N3O4Si/c1-20(31)27(16-10-17-29-27)23(34-35(8,9)26(5,6)7)19-30(24(32)33-25(2,3)4)18-15-21-11-13-22(28)14-12-21/h11-14,17,23H,10,15-16,18-19,28H2,1-9H3. The Morgan fingerprint density at radius 2 is 1.74 bits per heavy atom. The van der Waals surface area contributed by atoms with E-state index in [2.05, 4.69) is 38.9 Å². The van der Waals surface area contributed by atoms with Crippen molar-refractivity contribution in [1.82, 2.24) is 4.90 Å². The molecule has 0 saturated heterocycles. The highest BCUT2D eigenvalue weighted by Gasteiger charge is 2.50. The quantitative estimate of drug-likeness (QED) is 0.348. The van der Waals surface area contributed by atoms with Gasteiger partial charge < -0.3 is 19.8 Å². The predicted octanol–water partition coefficient (Wildman–Crippen LogP) is 5.63. The van der Waals surface area contributed by atoms with Gasteiger partial charge in [0.15, 0.2) is 14.1 Å². The van der Waals surface area contributed by atoms with E-state index in [0.29, 0.717) is 25.1 Å². The molecule has 1 aliphatic rings. The van der Waals surface area contributed by atoms with Gasteiger partial charge >= 0.3 is 6.09 Å². The molecule has 8 heteroatoms. The Bertz CT molecular complexity index is 916. The van der Waals surface area contributed by atoms with Gasteiger partial charge in [0, 0.05) is 18.4 Å². The van der Waals surface area contributed by atoms with Crippen LogP contribution < -0.4 is 5.73 Å². The van der Waals surface area contributed by atoms with Crippen molar-refractivity contribution in [2.24, 2.45) is 4.99 Å². The van der Waals surface area contributed by atoms with Crippen LogP contribution in [-0.4, -0.2) is 61.6 Å². The molecule has 0 aliphatic carbocycles. The van der Waals surface area contributed by atoms with Gasteiger partial charge in [-0.15, -0.1) is 0 Å². The number of carbonyl (C=O) groups is 2. The van der Waals surface area contributed by atoms with E-state index < -0.39 is 31.7 Å². The molecule has 1 aliphatic heterocycles. The molecule has 0 aromatic heterocycles. The van der Waals surface area contributed by atoms with Crippen LogP contribution in [0, 0.1) is 0 Å². The lowest BCUT2D eigenvalue weighted by Gasteiger charge is -2.45. The number of nitrogens with two attached hydrogens (primary N) is 1. The average Bonchev–Trinajstić information content (AvgIpc) is 3.20. The van der Waals surface area contributed by atoms with Crippen LogP contribution in [0.25, 0.3) is 0 Å². The van der Waals surface area contributed by atoms with Gasteiger partial charge in [-0.1, -0.05) is 32.9 Å². The van der Waals surface area contributed by atoms with Crippen molar-refractivity contribution >= 4 is 32.1 Å². The van der Waals surface area contributed by atoms with E-state index in [1.54, 1.807) is 11.8 Å².